The van der Waals surface area contributed by atoms with Crippen molar-refractivity contribution in [3.8, 4) is 0 Å². The normalized spacial score (nSPS) is 23.5. The second kappa shape index (κ2) is 8.75. The second-order valence-electron chi connectivity index (χ2n) is 10.1. The molecule has 0 N–H and O–H groups in total. The van der Waals surface area contributed by atoms with Crippen molar-refractivity contribution in [2.45, 2.75) is 17.2 Å². The molecule has 184 valence electrons. The summed E-state index contributed by atoms with van der Waals surface area (Å²) in [7, 11) is 0. The van der Waals surface area contributed by atoms with E-state index in [9.17, 15) is 9.59 Å². The Labute approximate surface area is 220 Å². The number of fused-ring (bicyclic) bond motifs is 3. The van der Waals surface area contributed by atoms with Crippen LogP contribution in [0.4, 0.5) is 11.4 Å². The van der Waals surface area contributed by atoms with Gasteiger partial charge in [-0.25, -0.2) is 0 Å². The standard InChI is InChI=1S/C31H27N3O2S/c35-29-20-37-31(34(29)26-15-14-23-10-4-5-11-24(23)18-26)27-12-6-7-13-28(27)33(30(31)36)21-32-17-16-25(19-32)22-8-2-1-3-9-22/h1-15,18,25H,16-17,19-21H2/t25-,31-/m0/s1. The van der Waals surface area contributed by atoms with Gasteiger partial charge in [-0.15, -0.1) is 11.8 Å². The Hall–Kier alpha value is -3.61. The molecular formula is C31H27N3O2S. The van der Waals surface area contributed by atoms with E-state index in [1.54, 1.807) is 4.90 Å². The zero-order valence-electron chi connectivity index (χ0n) is 20.4. The Morgan fingerprint density at radius 2 is 1.59 bits per heavy atom. The molecule has 0 radical (unpaired) electrons. The summed E-state index contributed by atoms with van der Waals surface area (Å²) in [6.07, 6.45) is 1.08. The van der Waals surface area contributed by atoms with Crippen LogP contribution in [0.25, 0.3) is 10.8 Å². The molecule has 4 aromatic carbocycles. The van der Waals surface area contributed by atoms with Crippen molar-refractivity contribution in [2.24, 2.45) is 0 Å². The van der Waals surface area contributed by atoms with E-state index in [-0.39, 0.29) is 17.6 Å². The number of benzene rings is 4. The van der Waals surface area contributed by atoms with E-state index in [4.69, 9.17) is 0 Å². The summed E-state index contributed by atoms with van der Waals surface area (Å²) in [6, 6.07) is 32.8. The molecule has 7 rings (SSSR count). The predicted octanol–water partition coefficient (Wildman–Crippen LogP) is 5.57. The zero-order valence-corrected chi connectivity index (χ0v) is 21.2. The van der Waals surface area contributed by atoms with E-state index in [0.29, 0.717) is 12.6 Å². The lowest BCUT2D eigenvalue weighted by Crippen LogP contribution is -2.51. The van der Waals surface area contributed by atoms with Crippen LogP contribution in [0, 0.1) is 0 Å². The van der Waals surface area contributed by atoms with Gasteiger partial charge in [0, 0.05) is 24.3 Å². The van der Waals surface area contributed by atoms with Crippen molar-refractivity contribution in [3.63, 3.8) is 0 Å². The minimum absolute atomic E-state index is 0.0270. The molecule has 0 unspecified atom stereocenters. The maximum atomic E-state index is 14.4. The van der Waals surface area contributed by atoms with Crippen molar-refractivity contribution in [1.29, 1.82) is 0 Å². The molecule has 0 aliphatic carbocycles. The van der Waals surface area contributed by atoms with Crippen LogP contribution in [0.5, 0.6) is 0 Å². The predicted molar refractivity (Wildman–Crippen MR) is 150 cm³/mol. The van der Waals surface area contributed by atoms with E-state index in [1.165, 1.54) is 17.3 Å². The monoisotopic (exact) mass is 505 g/mol. The third-order valence-electron chi connectivity index (χ3n) is 7.94. The summed E-state index contributed by atoms with van der Waals surface area (Å²) in [4.78, 5) is 32.8. The largest absolute Gasteiger partial charge is 0.295 e. The van der Waals surface area contributed by atoms with Crippen LogP contribution in [0.3, 0.4) is 0 Å². The minimum Gasteiger partial charge on any atom is -0.295 e. The lowest BCUT2D eigenvalue weighted by molar-refractivity contribution is -0.123. The van der Waals surface area contributed by atoms with Crippen LogP contribution >= 0.6 is 11.8 Å². The summed E-state index contributed by atoms with van der Waals surface area (Å²) in [5, 5.41) is 2.17. The highest BCUT2D eigenvalue weighted by molar-refractivity contribution is 8.02. The van der Waals surface area contributed by atoms with Gasteiger partial charge in [0.05, 0.1) is 18.1 Å². The zero-order chi connectivity index (χ0) is 25.0. The number of carbonyl (C=O) groups excluding carboxylic acids is 2. The number of para-hydroxylation sites is 1. The van der Waals surface area contributed by atoms with E-state index < -0.39 is 4.87 Å². The van der Waals surface area contributed by atoms with Crippen LogP contribution < -0.4 is 9.80 Å². The molecular weight excluding hydrogens is 478 g/mol. The molecule has 5 nitrogen and oxygen atoms in total. The molecule has 3 aliphatic heterocycles. The molecule has 2 amide bonds. The van der Waals surface area contributed by atoms with Crippen LogP contribution in [-0.2, 0) is 14.5 Å². The number of carbonyl (C=O) groups is 2. The maximum Gasteiger partial charge on any atom is 0.269 e. The minimum atomic E-state index is -1.07. The Morgan fingerprint density at radius 3 is 2.46 bits per heavy atom. The number of amides is 2. The first-order valence-corrected chi connectivity index (χ1v) is 13.8. The fourth-order valence-corrected chi connectivity index (χ4v) is 7.53. The molecule has 2 saturated heterocycles. The number of likely N-dealkylation sites (tertiary alicyclic amines) is 1. The smallest absolute Gasteiger partial charge is 0.269 e. The Balaban J connectivity index is 1.24. The first-order chi connectivity index (χ1) is 18.1. The van der Waals surface area contributed by atoms with Gasteiger partial charge in [0.2, 0.25) is 10.8 Å². The summed E-state index contributed by atoms with van der Waals surface area (Å²) in [5.74, 6) is 0.691. The molecule has 1 spiro atoms. The van der Waals surface area contributed by atoms with E-state index in [1.807, 2.05) is 65.6 Å². The van der Waals surface area contributed by atoms with Crippen molar-refractivity contribution in [1.82, 2.24) is 4.90 Å². The second-order valence-corrected chi connectivity index (χ2v) is 11.2. The Kier molecular flexibility index (Phi) is 5.34. The highest BCUT2D eigenvalue weighted by Crippen LogP contribution is 2.56. The third-order valence-corrected chi connectivity index (χ3v) is 9.33. The fraction of sp³-hybridized carbons (Fsp3) is 0.226. The number of hydrogen-bond donors (Lipinski definition) is 0. The number of thioether (sulfide) groups is 1. The van der Waals surface area contributed by atoms with E-state index in [0.717, 1.165) is 47.2 Å². The van der Waals surface area contributed by atoms with Crippen LogP contribution in [-0.4, -0.2) is 42.2 Å². The molecule has 2 atom stereocenters. The lowest BCUT2D eigenvalue weighted by Gasteiger charge is -2.34. The average molecular weight is 506 g/mol. The van der Waals surface area contributed by atoms with Gasteiger partial charge in [-0.3, -0.25) is 24.3 Å². The summed E-state index contributed by atoms with van der Waals surface area (Å²) < 4.78 is 0. The van der Waals surface area contributed by atoms with Gasteiger partial charge in [0.1, 0.15) is 0 Å². The molecule has 0 saturated carbocycles. The number of nitrogens with zero attached hydrogens (tertiary/aromatic N) is 3. The van der Waals surface area contributed by atoms with E-state index >= 15 is 0 Å². The van der Waals surface area contributed by atoms with Crippen molar-refractivity contribution in [2.75, 3.05) is 35.3 Å². The first-order valence-electron chi connectivity index (χ1n) is 12.8. The molecule has 37 heavy (non-hydrogen) atoms. The molecule has 6 heteroatoms. The van der Waals surface area contributed by atoms with Crippen molar-refractivity contribution < 1.29 is 9.59 Å². The van der Waals surface area contributed by atoms with E-state index in [2.05, 4.69) is 41.3 Å². The molecule has 3 aliphatic rings. The Morgan fingerprint density at radius 1 is 0.838 bits per heavy atom. The molecule has 4 aromatic rings. The first kappa shape index (κ1) is 22.6. The molecule has 3 heterocycles. The van der Waals surface area contributed by atoms with Gasteiger partial charge in [0.25, 0.3) is 5.91 Å². The summed E-state index contributed by atoms with van der Waals surface area (Å²) >= 11 is 1.45. The highest BCUT2D eigenvalue weighted by Gasteiger charge is 2.61. The van der Waals surface area contributed by atoms with Gasteiger partial charge in [0.15, 0.2) is 0 Å². The maximum absolute atomic E-state index is 14.4. The molecule has 0 aromatic heterocycles. The Bertz CT molecular complexity index is 1520. The van der Waals surface area contributed by atoms with Crippen LogP contribution in [0.15, 0.2) is 97.1 Å². The van der Waals surface area contributed by atoms with Gasteiger partial charge >= 0.3 is 0 Å². The van der Waals surface area contributed by atoms with Crippen LogP contribution in [0.2, 0.25) is 0 Å². The molecule has 2 fully saturated rings. The third kappa shape index (κ3) is 3.50. The fourth-order valence-electron chi connectivity index (χ4n) is 6.17. The van der Waals surface area contributed by atoms with Gasteiger partial charge in [-0.1, -0.05) is 78.9 Å². The van der Waals surface area contributed by atoms with Gasteiger partial charge in [-0.2, -0.15) is 0 Å². The summed E-state index contributed by atoms with van der Waals surface area (Å²) in [6.45, 7) is 2.39. The van der Waals surface area contributed by atoms with Gasteiger partial charge < -0.3 is 0 Å². The van der Waals surface area contributed by atoms with Crippen molar-refractivity contribution in [3.05, 3.63) is 108 Å². The van der Waals surface area contributed by atoms with Crippen molar-refractivity contribution >= 4 is 45.7 Å². The topological polar surface area (TPSA) is 43.9 Å². The van der Waals surface area contributed by atoms with Gasteiger partial charge in [-0.05, 0) is 46.9 Å². The number of anilines is 2. The molecule has 0 bridgehead atoms. The summed E-state index contributed by atoms with van der Waals surface area (Å²) in [5.41, 5.74) is 3.93. The number of rotatable bonds is 4. The lowest BCUT2D eigenvalue weighted by atomic mass is 9.99. The quantitative estimate of drug-likeness (QED) is 0.364. The number of hydrogen-bond acceptors (Lipinski definition) is 4. The highest BCUT2D eigenvalue weighted by atomic mass is 32.2. The SMILES string of the molecule is O=C1CS[C@@]2(C(=O)N(CN3CC[C@H](c4ccccc4)C3)c3ccccc32)N1c1ccc2ccccc2c1. The van der Waals surface area contributed by atoms with Crippen LogP contribution in [0.1, 0.15) is 23.5 Å². The average Bonchev–Trinajstić information content (AvgIpc) is 3.62.